The van der Waals surface area contributed by atoms with Crippen LogP contribution < -0.4 is 10.6 Å². The van der Waals surface area contributed by atoms with Crippen LogP contribution in [0, 0.1) is 13.8 Å². The van der Waals surface area contributed by atoms with Crippen molar-refractivity contribution in [1.82, 2.24) is 10.2 Å². The molecule has 0 bridgehead atoms. The third kappa shape index (κ3) is 4.53. The zero-order valence-electron chi connectivity index (χ0n) is 13.5. The summed E-state index contributed by atoms with van der Waals surface area (Å²) in [7, 11) is 4.18. The molecular weight excluding hydrogens is 310 g/mol. The molecule has 0 saturated heterocycles. The van der Waals surface area contributed by atoms with Gasteiger partial charge in [-0.15, -0.1) is 11.3 Å². The van der Waals surface area contributed by atoms with E-state index in [9.17, 15) is 0 Å². The van der Waals surface area contributed by atoms with Gasteiger partial charge in [0, 0.05) is 17.1 Å². The highest BCUT2D eigenvalue weighted by molar-refractivity contribution is 7.80. The van der Waals surface area contributed by atoms with Gasteiger partial charge in [-0.2, -0.15) is 0 Å². The maximum atomic E-state index is 5.41. The van der Waals surface area contributed by atoms with Crippen molar-refractivity contribution in [1.29, 1.82) is 0 Å². The molecule has 1 aromatic carbocycles. The van der Waals surface area contributed by atoms with Crippen molar-refractivity contribution in [2.75, 3.05) is 26.0 Å². The van der Waals surface area contributed by atoms with Crippen LogP contribution in [-0.2, 0) is 0 Å². The van der Waals surface area contributed by atoms with E-state index < -0.39 is 0 Å². The molecule has 0 fully saturated rings. The molecule has 1 aromatic heterocycles. The minimum Gasteiger partial charge on any atom is -0.360 e. The average molecular weight is 334 g/mol. The highest BCUT2D eigenvalue weighted by Crippen LogP contribution is 2.22. The maximum Gasteiger partial charge on any atom is 0.170 e. The van der Waals surface area contributed by atoms with Crippen molar-refractivity contribution >= 4 is 34.4 Å². The smallest absolute Gasteiger partial charge is 0.170 e. The zero-order valence-corrected chi connectivity index (χ0v) is 15.1. The van der Waals surface area contributed by atoms with E-state index >= 15 is 0 Å². The van der Waals surface area contributed by atoms with Crippen molar-refractivity contribution in [2.24, 2.45) is 0 Å². The molecule has 2 rings (SSSR count). The fourth-order valence-corrected chi connectivity index (χ4v) is 3.33. The minimum atomic E-state index is 0.319. The number of rotatable bonds is 5. The first-order valence-corrected chi connectivity index (χ1v) is 8.58. The normalized spacial score (nSPS) is 12.2. The standard InChI is InChI=1S/C17H23N3S2/c1-12-7-8-14(10-13(12)2)19-17(21)18-11-15(20(3)4)16-6-5-9-22-16/h5-10,15H,11H2,1-4H3,(H2,18,19,21)/t15-/m1/s1. The molecule has 22 heavy (non-hydrogen) atoms. The lowest BCUT2D eigenvalue weighted by molar-refractivity contribution is 0.303. The summed E-state index contributed by atoms with van der Waals surface area (Å²) < 4.78 is 0. The van der Waals surface area contributed by atoms with Gasteiger partial charge < -0.3 is 15.5 Å². The van der Waals surface area contributed by atoms with E-state index in [1.165, 1.54) is 16.0 Å². The summed E-state index contributed by atoms with van der Waals surface area (Å²) in [6.45, 7) is 5.00. The molecular formula is C17H23N3S2. The highest BCUT2D eigenvalue weighted by Gasteiger charge is 2.15. The summed E-state index contributed by atoms with van der Waals surface area (Å²) in [6, 6.07) is 10.8. The lowest BCUT2D eigenvalue weighted by atomic mass is 10.1. The van der Waals surface area contributed by atoms with Crippen LogP contribution in [0.4, 0.5) is 5.69 Å². The Morgan fingerprint density at radius 3 is 2.59 bits per heavy atom. The summed E-state index contributed by atoms with van der Waals surface area (Å²) in [4.78, 5) is 3.55. The fraction of sp³-hybridized carbons (Fsp3) is 0.353. The Labute approximate surface area is 142 Å². The monoisotopic (exact) mass is 333 g/mol. The number of hydrogen-bond acceptors (Lipinski definition) is 3. The Morgan fingerprint density at radius 2 is 2.00 bits per heavy atom. The number of anilines is 1. The van der Waals surface area contributed by atoms with E-state index in [2.05, 4.69) is 79.2 Å². The van der Waals surface area contributed by atoms with Crippen molar-refractivity contribution in [3.05, 3.63) is 51.7 Å². The predicted molar refractivity (Wildman–Crippen MR) is 101 cm³/mol. The van der Waals surface area contributed by atoms with Crippen LogP contribution in [0.3, 0.4) is 0 Å². The molecule has 118 valence electrons. The van der Waals surface area contributed by atoms with Crippen LogP contribution >= 0.6 is 23.6 Å². The molecule has 0 aliphatic heterocycles. The van der Waals surface area contributed by atoms with Gasteiger partial charge in [0.1, 0.15) is 0 Å². The molecule has 5 heteroatoms. The van der Waals surface area contributed by atoms with Crippen LogP contribution in [0.1, 0.15) is 22.0 Å². The molecule has 1 atom stereocenters. The predicted octanol–water partition coefficient (Wildman–Crippen LogP) is 3.95. The summed E-state index contributed by atoms with van der Waals surface area (Å²) in [5.41, 5.74) is 3.57. The van der Waals surface area contributed by atoms with Crippen molar-refractivity contribution in [3.8, 4) is 0 Å². The van der Waals surface area contributed by atoms with E-state index in [1.807, 2.05) is 0 Å². The third-order valence-electron chi connectivity index (χ3n) is 3.72. The molecule has 0 unspecified atom stereocenters. The Morgan fingerprint density at radius 1 is 1.23 bits per heavy atom. The topological polar surface area (TPSA) is 27.3 Å². The first kappa shape index (κ1) is 16.9. The molecule has 2 aromatic rings. The molecule has 1 heterocycles. The summed E-state index contributed by atoms with van der Waals surface area (Å²) >= 11 is 7.18. The van der Waals surface area contributed by atoms with Gasteiger partial charge >= 0.3 is 0 Å². The number of likely N-dealkylation sites (N-methyl/N-ethyl adjacent to an activating group) is 1. The zero-order chi connectivity index (χ0) is 16.1. The number of nitrogens with zero attached hydrogens (tertiary/aromatic N) is 1. The van der Waals surface area contributed by atoms with Gasteiger partial charge in [-0.1, -0.05) is 12.1 Å². The van der Waals surface area contributed by atoms with E-state index in [-0.39, 0.29) is 0 Å². The SMILES string of the molecule is Cc1ccc(NC(=S)NC[C@H](c2cccs2)N(C)C)cc1C. The molecule has 2 N–H and O–H groups in total. The lowest BCUT2D eigenvalue weighted by Gasteiger charge is -2.24. The fourth-order valence-electron chi connectivity index (χ4n) is 2.20. The number of hydrogen-bond donors (Lipinski definition) is 2. The first-order valence-electron chi connectivity index (χ1n) is 7.29. The average Bonchev–Trinajstić information content (AvgIpc) is 2.97. The van der Waals surface area contributed by atoms with Crippen molar-refractivity contribution in [3.63, 3.8) is 0 Å². The summed E-state index contributed by atoms with van der Waals surface area (Å²) in [5.74, 6) is 0. The Kier molecular flexibility index (Phi) is 5.94. The molecule has 0 amide bonds. The van der Waals surface area contributed by atoms with Gasteiger partial charge in [0.25, 0.3) is 0 Å². The lowest BCUT2D eigenvalue weighted by Crippen LogP contribution is -2.36. The van der Waals surface area contributed by atoms with Gasteiger partial charge in [-0.25, -0.2) is 0 Å². The Bertz CT molecular complexity index is 621. The molecule has 0 aliphatic rings. The molecule has 0 spiro atoms. The molecule has 0 saturated carbocycles. The largest absolute Gasteiger partial charge is 0.360 e. The Hall–Kier alpha value is -1.43. The Balaban J connectivity index is 1.92. The van der Waals surface area contributed by atoms with Crippen LogP contribution in [0.25, 0.3) is 0 Å². The molecule has 3 nitrogen and oxygen atoms in total. The van der Waals surface area contributed by atoms with Gasteiger partial charge in [0.05, 0.1) is 6.04 Å². The summed E-state index contributed by atoms with van der Waals surface area (Å²) in [6.07, 6.45) is 0. The van der Waals surface area contributed by atoms with Crippen LogP contribution in [0.5, 0.6) is 0 Å². The number of thiocarbonyl (C=S) groups is 1. The van der Waals surface area contributed by atoms with Gasteiger partial charge in [0.15, 0.2) is 5.11 Å². The molecule has 0 aliphatic carbocycles. The van der Waals surface area contributed by atoms with Crippen LogP contribution in [-0.4, -0.2) is 30.7 Å². The second-order valence-electron chi connectivity index (χ2n) is 5.63. The second-order valence-corrected chi connectivity index (χ2v) is 7.02. The van der Waals surface area contributed by atoms with Gasteiger partial charge in [0.2, 0.25) is 0 Å². The van der Waals surface area contributed by atoms with Crippen LogP contribution in [0.15, 0.2) is 35.7 Å². The second kappa shape index (κ2) is 7.72. The van der Waals surface area contributed by atoms with Crippen molar-refractivity contribution in [2.45, 2.75) is 19.9 Å². The van der Waals surface area contributed by atoms with E-state index in [4.69, 9.17) is 12.2 Å². The van der Waals surface area contributed by atoms with E-state index in [0.717, 1.165) is 12.2 Å². The highest BCUT2D eigenvalue weighted by atomic mass is 32.1. The van der Waals surface area contributed by atoms with Gasteiger partial charge in [-0.05, 0) is 74.9 Å². The maximum absolute atomic E-state index is 5.41. The molecule has 0 radical (unpaired) electrons. The number of aryl methyl sites for hydroxylation is 2. The van der Waals surface area contributed by atoms with Crippen molar-refractivity contribution < 1.29 is 0 Å². The number of thiophene rings is 1. The first-order chi connectivity index (χ1) is 10.5. The summed E-state index contributed by atoms with van der Waals surface area (Å²) in [5, 5.41) is 9.34. The quantitative estimate of drug-likeness (QED) is 0.810. The van der Waals surface area contributed by atoms with E-state index in [1.54, 1.807) is 11.3 Å². The van der Waals surface area contributed by atoms with Gasteiger partial charge in [-0.3, -0.25) is 0 Å². The van der Waals surface area contributed by atoms with E-state index in [0.29, 0.717) is 11.2 Å². The number of nitrogens with one attached hydrogen (secondary N) is 2. The third-order valence-corrected chi connectivity index (χ3v) is 4.94. The minimum absolute atomic E-state index is 0.319. The number of benzene rings is 1. The van der Waals surface area contributed by atoms with Crippen LogP contribution in [0.2, 0.25) is 0 Å².